The molecule has 2 rings (SSSR count). The Bertz CT molecular complexity index is 634. The van der Waals surface area contributed by atoms with Crippen molar-refractivity contribution < 1.29 is 8.42 Å². The van der Waals surface area contributed by atoms with E-state index in [2.05, 4.69) is 10.0 Å². The van der Waals surface area contributed by atoms with Gasteiger partial charge in [-0.05, 0) is 56.5 Å². The van der Waals surface area contributed by atoms with Gasteiger partial charge in [-0.15, -0.1) is 0 Å². The minimum Gasteiger partial charge on any atom is -0.316 e. The highest BCUT2D eigenvalue weighted by atomic mass is 35.5. The van der Waals surface area contributed by atoms with Gasteiger partial charge in [0, 0.05) is 6.54 Å². The molecule has 5 nitrogen and oxygen atoms in total. The van der Waals surface area contributed by atoms with Crippen LogP contribution in [0, 0.1) is 17.2 Å². The second-order valence-electron chi connectivity index (χ2n) is 5.15. The van der Waals surface area contributed by atoms with Crippen molar-refractivity contribution in [2.24, 2.45) is 5.92 Å². The molecule has 0 aromatic heterocycles. The van der Waals surface area contributed by atoms with E-state index in [9.17, 15) is 8.42 Å². The van der Waals surface area contributed by atoms with Crippen LogP contribution in [-0.2, 0) is 10.0 Å². The van der Waals surface area contributed by atoms with Gasteiger partial charge in [-0.2, -0.15) is 5.26 Å². The van der Waals surface area contributed by atoms with Gasteiger partial charge < -0.3 is 5.32 Å². The lowest BCUT2D eigenvalue weighted by Crippen LogP contribution is -2.33. The fraction of sp³-hybridized carbons (Fsp3) is 0.500. The third-order valence-corrected chi connectivity index (χ3v) is 5.39. The SMILES string of the molecule is N#Cc1ccc(S(=O)(=O)NCC[C@@H]2CCCNC2)cc1Cl. The zero-order valence-corrected chi connectivity index (χ0v) is 13.2. The number of hydrogen-bond acceptors (Lipinski definition) is 4. The second kappa shape index (κ2) is 7.23. The Labute approximate surface area is 130 Å². The average molecular weight is 328 g/mol. The number of nitriles is 1. The Morgan fingerprint density at radius 1 is 1.48 bits per heavy atom. The van der Waals surface area contributed by atoms with Crippen LogP contribution in [-0.4, -0.2) is 28.1 Å². The summed E-state index contributed by atoms with van der Waals surface area (Å²) in [5.41, 5.74) is 0.267. The van der Waals surface area contributed by atoms with Crippen LogP contribution in [0.2, 0.25) is 5.02 Å². The van der Waals surface area contributed by atoms with Crippen molar-refractivity contribution in [2.75, 3.05) is 19.6 Å². The van der Waals surface area contributed by atoms with Gasteiger partial charge >= 0.3 is 0 Å². The molecule has 114 valence electrons. The maximum Gasteiger partial charge on any atom is 0.240 e. The number of halogens is 1. The monoisotopic (exact) mass is 327 g/mol. The third-order valence-electron chi connectivity index (χ3n) is 3.61. The molecule has 0 amide bonds. The highest BCUT2D eigenvalue weighted by Gasteiger charge is 2.17. The van der Waals surface area contributed by atoms with E-state index in [0.717, 1.165) is 32.4 Å². The summed E-state index contributed by atoms with van der Waals surface area (Å²) in [6, 6.07) is 6.03. The predicted octanol–water partition coefficient (Wildman–Crippen LogP) is 1.88. The van der Waals surface area contributed by atoms with Gasteiger partial charge in [0.2, 0.25) is 10.0 Å². The molecule has 0 spiro atoms. The number of nitrogens with zero attached hydrogens (tertiary/aromatic N) is 1. The van der Waals surface area contributed by atoms with E-state index in [1.54, 1.807) is 0 Å². The minimum absolute atomic E-state index is 0.0910. The van der Waals surface area contributed by atoms with Gasteiger partial charge in [0.05, 0.1) is 15.5 Å². The summed E-state index contributed by atoms with van der Waals surface area (Å²) in [5.74, 6) is 0.519. The van der Waals surface area contributed by atoms with Crippen molar-refractivity contribution in [3.8, 4) is 6.07 Å². The maximum absolute atomic E-state index is 12.2. The first-order valence-electron chi connectivity index (χ1n) is 6.93. The summed E-state index contributed by atoms with van der Waals surface area (Å²) < 4.78 is 26.9. The lowest BCUT2D eigenvalue weighted by molar-refractivity contribution is 0.358. The smallest absolute Gasteiger partial charge is 0.240 e. The number of sulfonamides is 1. The zero-order valence-electron chi connectivity index (χ0n) is 11.6. The van der Waals surface area contributed by atoms with Crippen molar-refractivity contribution in [3.05, 3.63) is 28.8 Å². The maximum atomic E-state index is 12.2. The topological polar surface area (TPSA) is 82.0 Å². The third kappa shape index (κ3) is 4.42. The second-order valence-corrected chi connectivity index (χ2v) is 7.33. The van der Waals surface area contributed by atoms with E-state index >= 15 is 0 Å². The van der Waals surface area contributed by atoms with Crippen molar-refractivity contribution in [1.29, 1.82) is 5.26 Å². The molecule has 1 aliphatic rings. The molecule has 1 aliphatic heterocycles. The van der Waals surface area contributed by atoms with Crippen molar-refractivity contribution in [3.63, 3.8) is 0 Å². The van der Waals surface area contributed by atoms with Gasteiger partial charge in [0.25, 0.3) is 0 Å². The van der Waals surface area contributed by atoms with Crippen LogP contribution < -0.4 is 10.0 Å². The zero-order chi connectivity index (χ0) is 15.3. The molecule has 7 heteroatoms. The lowest BCUT2D eigenvalue weighted by Gasteiger charge is -2.22. The first-order valence-corrected chi connectivity index (χ1v) is 8.79. The van der Waals surface area contributed by atoms with Crippen LogP contribution in [0.15, 0.2) is 23.1 Å². The Hall–Kier alpha value is -1.13. The van der Waals surface area contributed by atoms with Gasteiger partial charge in [0.15, 0.2) is 0 Å². The molecule has 1 fully saturated rings. The first kappa shape index (κ1) is 16.2. The highest BCUT2D eigenvalue weighted by Crippen LogP contribution is 2.20. The molecule has 1 atom stereocenters. The molecular weight excluding hydrogens is 310 g/mol. The lowest BCUT2D eigenvalue weighted by atomic mass is 9.96. The summed E-state index contributed by atoms with van der Waals surface area (Å²) in [4.78, 5) is 0.0910. The average Bonchev–Trinajstić information content (AvgIpc) is 2.48. The van der Waals surface area contributed by atoms with Crippen molar-refractivity contribution in [2.45, 2.75) is 24.2 Å². The number of piperidine rings is 1. The summed E-state index contributed by atoms with van der Waals surface area (Å²) in [6.07, 6.45) is 3.09. The summed E-state index contributed by atoms with van der Waals surface area (Å²) in [5, 5.41) is 12.3. The fourth-order valence-electron chi connectivity index (χ4n) is 2.40. The van der Waals surface area contributed by atoms with E-state index < -0.39 is 10.0 Å². The fourth-order valence-corrected chi connectivity index (χ4v) is 3.77. The molecule has 0 radical (unpaired) electrons. The van der Waals surface area contributed by atoms with E-state index in [4.69, 9.17) is 16.9 Å². The summed E-state index contributed by atoms with van der Waals surface area (Å²) >= 11 is 5.87. The molecule has 1 heterocycles. The summed E-state index contributed by atoms with van der Waals surface area (Å²) in [6.45, 7) is 2.41. The highest BCUT2D eigenvalue weighted by molar-refractivity contribution is 7.89. The Balaban J connectivity index is 1.95. The number of rotatable bonds is 5. The van der Waals surface area contributed by atoms with Crippen molar-refractivity contribution in [1.82, 2.24) is 10.0 Å². The van der Waals surface area contributed by atoms with Crippen LogP contribution in [0.4, 0.5) is 0 Å². The molecule has 1 saturated heterocycles. The Kier molecular flexibility index (Phi) is 5.59. The molecule has 0 bridgehead atoms. The van der Waals surface area contributed by atoms with Gasteiger partial charge in [-0.1, -0.05) is 11.6 Å². The number of nitrogens with one attached hydrogen (secondary N) is 2. The Morgan fingerprint density at radius 2 is 2.29 bits per heavy atom. The molecule has 0 aliphatic carbocycles. The molecule has 21 heavy (non-hydrogen) atoms. The van der Waals surface area contributed by atoms with Crippen molar-refractivity contribution >= 4 is 21.6 Å². The van der Waals surface area contributed by atoms with E-state index in [1.807, 2.05) is 6.07 Å². The molecule has 0 unspecified atom stereocenters. The number of benzene rings is 1. The molecule has 2 N–H and O–H groups in total. The van der Waals surface area contributed by atoms with Gasteiger partial charge in [0.1, 0.15) is 6.07 Å². The molecule has 1 aromatic carbocycles. The molecular formula is C14H18ClN3O2S. The van der Waals surface area contributed by atoms with E-state index in [0.29, 0.717) is 12.5 Å². The molecule has 1 aromatic rings. The largest absolute Gasteiger partial charge is 0.316 e. The quantitative estimate of drug-likeness (QED) is 0.865. The van der Waals surface area contributed by atoms with Crippen LogP contribution in [0.5, 0.6) is 0 Å². The molecule has 0 saturated carbocycles. The van der Waals surface area contributed by atoms with E-state index in [-0.39, 0.29) is 15.5 Å². The predicted molar refractivity (Wildman–Crippen MR) is 81.6 cm³/mol. The Morgan fingerprint density at radius 3 is 2.90 bits per heavy atom. The normalized spacial score (nSPS) is 19.1. The van der Waals surface area contributed by atoms with Gasteiger partial charge in [-0.3, -0.25) is 0 Å². The number of hydrogen-bond donors (Lipinski definition) is 2. The minimum atomic E-state index is -3.57. The van der Waals surface area contributed by atoms with Crippen LogP contribution >= 0.6 is 11.6 Å². The van der Waals surface area contributed by atoms with Crippen LogP contribution in [0.1, 0.15) is 24.8 Å². The van der Waals surface area contributed by atoms with Crippen LogP contribution in [0.3, 0.4) is 0 Å². The van der Waals surface area contributed by atoms with E-state index in [1.165, 1.54) is 18.2 Å². The van der Waals surface area contributed by atoms with Crippen LogP contribution in [0.25, 0.3) is 0 Å². The summed E-state index contributed by atoms with van der Waals surface area (Å²) in [7, 11) is -3.57. The van der Waals surface area contributed by atoms with Gasteiger partial charge in [-0.25, -0.2) is 13.1 Å². The first-order chi connectivity index (χ1) is 10.0. The standard InChI is InChI=1S/C14H18ClN3O2S/c15-14-8-13(4-3-12(14)9-16)21(19,20)18-7-5-11-2-1-6-17-10-11/h3-4,8,11,17-18H,1-2,5-7,10H2/t11-/m0/s1.